The van der Waals surface area contributed by atoms with Crippen LogP contribution in [0.1, 0.15) is 52.3 Å². The maximum Gasteiger partial charge on any atom is 0.341 e. The van der Waals surface area contributed by atoms with Crippen molar-refractivity contribution in [3.8, 4) is 0 Å². The van der Waals surface area contributed by atoms with Crippen LogP contribution in [0.3, 0.4) is 0 Å². The summed E-state index contributed by atoms with van der Waals surface area (Å²) in [5, 5.41) is 3.12. The summed E-state index contributed by atoms with van der Waals surface area (Å²) in [5.41, 5.74) is 6.07. The number of rotatable bonds is 6. The molecule has 0 saturated carbocycles. The van der Waals surface area contributed by atoms with Gasteiger partial charge in [0, 0.05) is 25.7 Å². The average Bonchev–Trinajstić information content (AvgIpc) is 3.18. The lowest BCUT2D eigenvalue weighted by atomic mass is 10.1. The van der Waals surface area contributed by atoms with Crippen molar-refractivity contribution < 1.29 is 19.1 Å². The number of ether oxygens (including phenoxy) is 1. The molecule has 9 heteroatoms. The van der Waals surface area contributed by atoms with E-state index in [9.17, 15) is 14.4 Å². The minimum absolute atomic E-state index is 0.206. The van der Waals surface area contributed by atoms with Crippen molar-refractivity contribution in [3.05, 3.63) is 16.0 Å². The molecule has 1 atom stereocenters. The molecule has 0 radical (unpaired) electrons. The van der Waals surface area contributed by atoms with E-state index in [0.717, 1.165) is 37.5 Å². The van der Waals surface area contributed by atoms with Crippen LogP contribution in [0.4, 0.5) is 5.00 Å². The van der Waals surface area contributed by atoms with Gasteiger partial charge in [-0.2, -0.15) is 0 Å². The quantitative estimate of drug-likeness (QED) is 0.690. The minimum Gasteiger partial charge on any atom is -0.459 e. The van der Waals surface area contributed by atoms with Crippen molar-refractivity contribution in [3.63, 3.8) is 0 Å². The molecule has 28 heavy (non-hydrogen) atoms. The Morgan fingerprint density at radius 2 is 2.04 bits per heavy atom. The molecule has 0 spiro atoms. The number of nitrogens with one attached hydrogen (secondary N) is 1. The lowest BCUT2D eigenvalue weighted by Crippen LogP contribution is -2.51. The number of anilines is 1. The van der Waals surface area contributed by atoms with Crippen LogP contribution in [0.15, 0.2) is 0 Å². The molecule has 0 bridgehead atoms. The predicted molar refractivity (Wildman–Crippen MR) is 108 cm³/mol. The highest BCUT2D eigenvalue weighted by molar-refractivity contribution is 7.18. The topological polar surface area (TPSA) is 105 Å². The molecule has 3 rings (SSSR count). The Hall–Kier alpha value is -1.97. The Balaban J connectivity index is 1.71. The van der Waals surface area contributed by atoms with Crippen molar-refractivity contribution in [2.75, 3.05) is 38.0 Å². The third-order valence-corrected chi connectivity index (χ3v) is 6.43. The Kier molecular flexibility index (Phi) is 6.36. The van der Waals surface area contributed by atoms with Crippen LogP contribution < -0.4 is 11.1 Å². The summed E-state index contributed by atoms with van der Waals surface area (Å²) in [5.74, 6) is -1.40. The van der Waals surface area contributed by atoms with Crippen molar-refractivity contribution in [1.29, 1.82) is 0 Å². The van der Waals surface area contributed by atoms with Crippen LogP contribution in [-0.4, -0.2) is 72.5 Å². The molecule has 0 aliphatic carbocycles. The third-order valence-electron chi connectivity index (χ3n) is 5.21. The number of thiophene rings is 1. The Morgan fingerprint density at radius 1 is 1.29 bits per heavy atom. The molecule has 2 aliphatic rings. The average molecular weight is 409 g/mol. The normalized spacial score (nSPS) is 20.2. The number of hydrogen-bond acceptors (Lipinski definition) is 7. The first-order chi connectivity index (χ1) is 13.3. The van der Waals surface area contributed by atoms with Gasteiger partial charge in [0.25, 0.3) is 5.91 Å². The van der Waals surface area contributed by atoms with Gasteiger partial charge in [0.1, 0.15) is 5.00 Å². The second kappa shape index (κ2) is 8.59. The molecule has 2 aliphatic heterocycles. The van der Waals surface area contributed by atoms with Crippen molar-refractivity contribution in [2.24, 2.45) is 5.73 Å². The zero-order chi connectivity index (χ0) is 20.4. The van der Waals surface area contributed by atoms with Crippen LogP contribution in [0.5, 0.6) is 0 Å². The maximum atomic E-state index is 12.6. The summed E-state index contributed by atoms with van der Waals surface area (Å²) in [7, 11) is 0. The Morgan fingerprint density at radius 3 is 2.71 bits per heavy atom. The maximum absolute atomic E-state index is 12.6. The summed E-state index contributed by atoms with van der Waals surface area (Å²) in [6, 6.07) is 0.531. The highest BCUT2D eigenvalue weighted by Gasteiger charge is 2.32. The zero-order valence-corrected chi connectivity index (χ0v) is 17.4. The van der Waals surface area contributed by atoms with Gasteiger partial charge >= 0.3 is 5.97 Å². The first-order valence-electron chi connectivity index (χ1n) is 9.66. The standard InChI is InChI=1S/C19H28N4O4S/c1-11(2)27-19(26)15-12(3)16(17(20)25)28-18(15)21-14(24)10-22-7-8-23-6-4-5-13(23)9-22/h11,13H,4-10H2,1-3H3,(H2,20,25)(H,21,24)/t13-/m0/s1. The third kappa shape index (κ3) is 4.53. The van der Waals surface area contributed by atoms with E-state index in [0.29, 0.717) is 16.6 Å². The van der Waals surface area contributed by atoms with E-state index < -0.39 is 11.9 Å². The molecule has 2 fully saturated rings. The van der Waals surface area contributed by atoms with E-state index >= 15 is 0 Å². The molecular weight excluding hydrogens is 380 g/mol. The SMILES string of the molecule is Cc1c(C(N)=O)sc(NC(=O)CN2CCN3CCC[C@H]3C2)c1C(=O)OC(C)C. The fourth-order valence-electron chi connectivity index (χ4n) is 3.92. The molecule has 0 aromatic carbocycles. The van der Waals surface area contributed by atoms with Crippen LogP contribution in [0.2, 0.25) is 0 Å². The summed E-state index contributed by atoms with van der Waals surface area (Å²) in [4.78, 5) is 41.7. The fraction of sp³-hybridized carbons (Fsp3) is 0.632. The number of carbonyl (C=O) groups excluding carboxylic acids is 3. The number of piperazine rings is 1. The van der Waals surface area contributed by atoms with Gasteiger partial charge in [0.05, 0.1) is 23.1 Å². The number of primary amides is 1. The Bertz CT molecular complexity index is 776. The minimum atomic E-state index is -0.626. The van der Waals surface area contributed by atoms with E-state index in [1.54, 1.807) is 20.8 Å². The van der Waals surface area contributed by atoms with Gasteiger partial charge in [0.15, 0.2) is 0 Å². The highest BCUT2D eigenvalue weighted by atomic mass is 32.1. The number of fused-ring (bicyclic) bond motifs is 1. The second-order valence-corrected chi connectivity index (χ2v) is 8.71. The molecule has 0 unspecified atom stereocenters. The smallest absolute Gasteiger partial charge is 0.341 e. The van der Waals surface area contributed by atoms with E-state index in [4.69, 9.17) is 10.5 Å². The van der Waals surface area contributed by atoms with E-state index in [1.807, 2.05) is 0 Å². The van der Waals surface area contributed by atoms with E-state index in [1.165, 1.54) is 12.8 Å². The molecule has 8 nitrogen and oxygen atoms in total. The number of esters is 1. The predicted octanol–water partition coefficient (Wildman–Crippen LogP) is 1.44. The van der Waals surface area contributed by atoms with Gasteiger partial charge in [-0.25, -0.2) is 4.79 Å². The van der Waals surface area contributed by atoms with Crippen LogP contribution >= 0.6 is 11.3 Å². The van der Waals surface area contributed by atoms with Crippen molar-refractivity contribution >= 4 is 34.1 Å². The van der Waals surface area contributed by atoms with Crippen LogP contribution in [0, 0.1) is 6.92 Å². The fourth-order valence-corrected chi connectivity index (χ4v) is 4.99. The summed E-state index contributed by atoms with van der Waals surface area (Å²) in [6.07, 6.45) is 2.08. The van der Waals surface area contributed by atoms with Crippen molar-refractivity contribution in [2.45, 2.75) is 45.8 Å². The molecule has 1 aromatic heterocycles. The van der Waals surface area contributed by atoms with E-state index in [-0.39, 0.29) is 29.0 Å². The molecular formula is C19H28N4O4S. The molecule has 3 N–H and O–H groups in total. The number of hydrogen-bond donors (Lipinski definition) is 2. The van der Waals surface area contributed by atoms with Crippen molar-refractivity contribution in [1.82, 2.24) is 9.80 Å². The van der Waals surface area contributed by atoms with Gasteiger partial charge in [-0.05, 0) is 45.7 Å². The second-order valence-electron chi connectivity index (χ2n) is 7.69. The number of nitrogens with two attached hydrogens (primary N) is 1. The highest BCUT2D eigenvalue weighted by Crippen LogP contribution is 2.33. The van der Waals surface area contributed by atoms with Gasteiger partial charge in [-0.1, -0.05) is 0 Å². The first-order valence-corrected chi connectivity index (χ1v) is 10.5. The number of carbonyl (C=O) groups is 3. The van der Waals surface area contributed by atoms with E-state index in [2.05, 4.69) is 15.1 Å². The monoisotopic (exact) mass is 408 g/mol. The Labute approximate surface area is 169 Å². The molecule has 2 saturated heterocycles. The van der Waals surface area contributed by atoms with Gasteiger partial charge < -0.3 is 15.8 Å². The number of amides is 2. The number of nitrogens with zero attached hydrogens (tertiary/aromatic N) is 2. The molecule has 1 aromatic rings. The lowest BCUT2D eigenvalue weighted by molar-refractivity contribution is -0.117. The molecule has 2 amide bonds. The van der Waals surface area contributed by atoms with Crippen LogP contribution in [-0.2, 0) is 9.53 Å². The first kappa shape index (κ1) is 20.8. The zero-order valence-electron chi connectivity index (χ0n) is 16.6. The largest absolute Gasteiger partial charge is 0.459 e. The van der Waals surface area contributed by atoms with Gasteiger partial charge in [-0.15, -0.1) is 11.3 Å². The van der Waals surface area contributed by atoms with Gasteiger partial charge in [-0.3, -0.25) is 19.4 Å². The summed E-state index contributed by atoms with van der Waals surface area (Å²) < 4.78 is 5.28. The van der Waals surface area contributed by atoms with Crippen LogP contribution in [0.25, 0.3) is 0 Å². The lowest BCUT2D eigenvalue weighted by Gasteiger charge is -2.37. The van der Waals surface area contributed by atoms with Gasteiger partial charge in [0.2, 0.25) is 5.91 Å². The molecule has 3 heterocycles. The summed E-state index contributed by atoms with van der Waals surface area (Å²) >= 11 is 1.02. The summed E-state index contributed by atoms with van der Waals surface area (Å²) in [6.45, 7) is 9.25. The molecule has 154 valence electrons.